The minimum absolute atomic E-state index is 0.0341. The van der Waals surface area contributed by atoms with E-state index < -0.39 is 11.8 Å². The van der Waals surface area contributed by atoms with E-state index in [4.69, 9.17) is 0 Å². The highest BCUT2D eigenvalue weighted by Crippen LogP contribution is 2.09. The van der Waals surface area contributed by atoms with Crippen molar-refractivity contribution in [3.05, 3.63) is 29.3 Å². The van der Waals surface area contributed by atoms with Gasteiger partial charge in [-0.05, 0) is 6.07 Å². The van der Waals surface area contributed by atoms with Gasteiger partial charge in [0.25, 0.3) is 0 Å². The number of ether oxygens (including phenoxy) is 1. The highest BCUT2D eigenvalue weighted by Gasteiger charge is 2.14. The zero-order valence-corrected chi connectivity index (χ0v) is 7.70. The van der Waals surface area contributed by atoms with Crippen LogP contribution in [-0.4, -0.2) is 23.8 Å². The fourth-order valence-corrected chi connectivity index (χ4v) is 0.898. The Kier molecular flexibility index (Phi) is 2.91. The van der Waals surface area contributed by atoms with Crippen LogP contribution in [0.3, 0.4) is 0 Å². The Balaban J connectivity index is 3.21. The average Bonchev–Trinajstić information content (AvgIpc) is 2.17. The first-order chi connectivity index (χ1) is 6.56. The Morgan fingerprint density at radius 2 is 2.14 bits per heavy atom. The SMILES string of the molecule is COC(=O)c1cc(C(C)=O)ncc1F. The molecule has 1 aromatic heterocycles. The van der Waals surface area contributed by atoms with Gasteiger partial charge in [0, 0.05) is 6.92 Å². The van der Waals surface area contributed by atoms with Gasteiger partial charge in [-0.15, -0.1) is 0 Å². The summed E-state index contributed by atoms with van der Waals surface area (Å²) in [4.78, 5) is 25.4. The summed E-state index contributed by atoms with van der Waals surface area (Å²) in [7, 11) is 1.13. The van der Waals surface area contributed by atoms with Crippen LogP contribution in [0, 0.1) is 5.82 Å². The second-order valence-electron chi connectivity index (χ2n) is 2.60. The molecule has 1 aromatic rings. The van der Waals surface area contributed by atoms with Gasteiger partial charge in [0.15, 0.2) is 11.6 Å². The quantitative estimate of drug-likeness (QED) is 0.528. The van der Waals surface area contributed by atoms with Crippen molar-refractivity contribution in [3.63, 3.8) is 0 Å². The van der Waals surface area contributed by atoms with Gasteiger partial charge >= 0.3 is 5.97 Å². The van der Waals surface area contributed by atoms with Crippen LogP contribution in [0.1, 0.15) is 27.8 Å². The molecule has 0 aliphatic rings. The summed E-state index contributed by atoms with van der Waals surface area (Å²) in [5.41, 5.74) is -0.250. The Bertz CT molecular complexity index is 390. The van der Waals surface area contributed by atoms with Crippen molar-refractivity contribution in [1.29, 1.82) is 0 Å². The molecule has 0 amide bonds. The van der Waals surface area contributed by atoms with Gasteiger partial charge in [-0.25, -0.2) is 9.18 Å². The van der Waals surface area contributed by atoms with Gasteiger partial charge in [0.2, 0.25) is 0 Å². The number of pyridine rings is 1. The highest BCUT2D eigenvalue weighted by molar-refractivity contribution is 5.96. The van der Waals surface area contributed by atoms with E-state index >= 15 is 0 Å². The number of nitrogens with zero attached hydrogens (tertiary/aromatic N) is 1. The van der Waals surface area contributed by atoms with Gasteiger partial charge in [-0.3, -0.25) is 9.78 Å². The topological polar surface area (TPSA) is 56.3 Å². The number of carbonyl (C=O) groups is 2. The second kappa shape index (κ2) is 3.95. The molecule has 0 bridgehead atoms. The van der Waals surface area contributed by atoms with Crippen molar-refractivity contribution in [3.8, 4) is 0 Å². The van der Waals surface area contributed by atoms with E-state index in [1.165, 1.54) is 6.92 Å². The first kappa shape index (κ1) is 10.3. The molecule has 0 aliphatic heterocycles. The lowest BCUT2D eigenvalue weighted by molar-refractivity contribution is 0.0595. The van der Waals surface area contributed by atoms with Crippen LogP contribution in [0.5, 0.6) is 0 Å². The molecule has 14 heavy (non-hydrogen) atoms. The molecule has 1 rings (SSSR count). The number of hydrogen-bond acceptors (Lipinski definition) is 4. The van der Waals surface area contributed by atoms with Gasteiger partial charge in [-0.1, -0.05) is 0 Å². The molecule has 1 heterocycles. The number of esters is 1. The van der Waals surface area contributed by atoms with Crippen molar-refractivity contribution in [1.82, 2.24) is 4.98 Å². The Morgan fingerprint density at radius 3 is 2.64 bits per heavy atom. The molecule has 0 saturated carbocycles. The second-order valence-corrected chi connectivity index (χ2v) is 2.60. The molecule has 4 nitrogen and oxygen atoms in total. The smallest absolute Gasteiger partial charge is 0.340 e. The van der Waals surface area contributed by atoms with E-state index in [0.29, 0.717) is 0 Å². The number of rotatable bonds is 2. The van der Waals surface area contributed by atoms with E-state index in [1.54, 1.807) is 0 Å². The molecule has 0 spiro atoms. The molecule has 0 N–H and O–H groups in total. The van der Waals surface area contributed by atoms with Crippen LogP contribution in [-0.2, 0) is 4.74 Å². The van der Waals surface area contributed by atoms with Crippen molar-refractivity contribution in [2.75, 3.05) is 7.11 Å². The standard InChI is InChI=1S/C9H8FNO3/c1-5(12)8-3-6(9(13)14-2)7(10)4-11-8/h3-4H,1-2H3. The summed E-state index contributed by atoms with van der Waals surface area (Å²) in [6, 6.07) is 1.07. The molecule has 0 fully saturated rings. The summed E-state index contributed by atoms with van der Waals surface area (Å²) < 4.78 is 17.3. The predicted molar refractivity (Wildman–Crippen MR) is 45.5 cm³/mol. The molecule has 0 aliphatic carbocycles. The predicted octanol–water partition coefficient (Wildman–Crippen LogP) is 1.21. The first-order valence-corrected chi connectivity index (χ1v) is 3.81. The lowest BCUT2D eigenvalue weighted by Gasteiger charge is -2.01. The van der Waals surface area contributed by atoms with Crippen molar-refractivity contribution in [2.45, 2.75) is 6.92 Å². The van der Waals surface area contributed by atoms with Crippen LogP contribution in [0.25, 0.3) is 0 Å². The minimum Gasteiger partial charge on any atom is -0.465 e. The number of Topliss-reactive ketones (excluding diaryl/α,β-unsaturated/α-hetero) is 1. The number of hydrogen-bond donors (Lipinski definition) is 0. The third-order valence-electron chi connectivity index (χ3n) is 1.62. The molecule has 0 saturated heterocycles. The maximum atomic E-state index is 13.0. The number of aromatic nitrogens is 1. The van der Waals surface area contributed by atoms with E-state index in [2.05, 4.69) is 9.72 Å². The van der Waals surface area contributed by atoms with Crippen molar-refractivity contribution < 1.29 is 18.7 Å². The molecule has 0 aromatic carbocycles. The number of ketones is 1. The average molecular weight is 197 g/mol. The largest absolute Gasteiger partial charge is 0.465 e. The van der Waals surface area contributed by atoms with Crippen LogP contribution < -0.4 is 0 Å². The van der Waals surface area contributed by atoms with E-state index in [1.807, 2.05) is 0 Å². The minimum atomic E-state index is -0.826. The maximum Gasteiger partial charge on any atom is 0.340 e. The Labute approximate surface area is 79.7 Å². The Hall–Kier alpha value is -1.78. The van der Waals surface area contributed by atoms with Crippen LogP contribution in [0.4, 0.5) is 4.39 Å². The molecule has 74 valence electrons. The van der Waals surface area contributed by atoms with Crippen LogP contribution >= 0.6 is 0 Å². The molecular formula is C9H8FNO3. The van der Waals surface area contributed by atoms with E-state index in [9.17, 15) is 14.0 Å². The monoisotopic (exact) mass is 197 g/mol. The first-order valence-electron chi connectivity index (χ1n) is 3.81. The lowest BCUT2D eigenvalue weighted by Crippen LogP contribution is -2.08. The van der Waals surface area contributed by atoms with Gasteiger partial charge in [0.1, 0.15) is 5.69 Å². The van der Waals surface area contributed by atoms with Crippen LogP contribution in [0.15, 0.2) is 12.3 Å². The van der Waals surface area contributed by atoms with E-state index in [0.717, 1.165) is 19.4 Å². The molecule has 5 heteroatoms. The number of halogens is 1. The zero-order chi connectivity index (χ0) is 10.7. The Morgan fingerprint density at radius 1 is 1.50 bits per heavy atom. The number of methoxy groups -OCH3 is 1. The molecule has 0 unspecified atom stereocenters. The molecule has 0 atom stereocenters. The summed E-state index contributed by atoms with van der Waals surface area (Å²) in [6.07, 6.45) is 0.822. The summed E-state index contributed by atoms with van der Waals surface area (Å²) in [6.45, 7) is 1.28. The zero-order valence-electron chi connectivity index (χ0n) is 7.70. The van der Waals surface area contributed by atoms with Gasteiger partial charge in [-0.2, -0.15) is 0 Å². The normalized spacial score (nSPS) is 9.64. The highest BCUT2D eigenvalue weighted by atomic mass is 19.1. The number of carbonyl (C=O) groups excluding carboxylic acids is 2. The third-order valence-corrected chi connectivity index (χ3v) is 1.62. The van der Waals surface area contributed by atoms with Crippen LogP contribution in [0.2, 0.25) is 0 Å². The van der Waals surface area contributed by atoms with Crippen molar-refractivity contribution >= 4 is 11.8 Å². The molecular weight excluding hydrogens is 189 g/mol. The lowest BCUT2D eigenvalue weighted by atomic mass is 10.2. The molecule has 0 radical (unpaired) electrons. The summed E-state index contributed by atoms with van der Waals surface area (Å²) >= 11 is 0. The fraction of sp³-hybridized carbons (Fsp3) is 0.222. The summed E-state index contributed by atoms with van der Waals surface area (Å²) in [5, 5.41) is 0. The summed E-state index contributed by atoms with van der Waals surface area (Å²) in [5.74, 6) is -1.97. The fourth-order valence-electron chi connectivity index (χ4n) is 0.898. The van der Waals surface area contributed by atoms with E-state index in [-0.39, 0.29) is 17.0 Å². The van der Waals surface area contributed by atoms with Crippen molar-refractivity contribution in [2.24, 2.45) is 0 Å². The van der Waals surface area contributed by atoms with Gasteiger partial charge < -0.3 is 4.74 Å². The maximum absolute atomic E-state index is 13.0. The van der Waals surface area contributed by atoms with Gasteiger partial charge in [0.05, 0.1) is 18.9 Å². The third kappa shape index (κ3) is 1.93.